The van der Waals surface area contributed by atoms with Gasteiger partial charge in [0.05, 0.1) is 18.2 Å². The lowest BCUT2D eigenvalue weighted by Gasteiger charge is -2.46. The number of nitrogens with two attached hydrogens (primary N) is 1. The summed E-state index contributed by atoms with van der Waals surface area (Å²) in [5.41, 5.74) is 7.37. The summed E-state index contributed by atoms with van der Waals surface area (Å²) < 4.78 is 5.64. The van der Waals surface area contributed by atoms with Gasteiger partial charge in [-0.2, -0.15) is 5.26 Å². The lowest BCUT2D eigenvalue weighted by molar-refractivity contribution is 0.0495. The maximum atomic E-state index is 9.43. The molecule has 0 spiro atoms. The van der Waals surface area contributed by atoms with Gasteiger partial charge in [-0.15, -0.1) is 0 Å². The quantitative estimate of drug-likeness (QED) is 0.932. The van der Waals surface area contributed by atoms with Gasteiger partial charge in [0, 0.05) is 11.8 Å². The van der Waals surface area contributed by atoms with Crippen LogP contribution in [0.25, 0.3) is 5.57 Å². The average Bonchev–Trinajstić information content (AvgIpc) is 2.56. The zero-order valence-electron chi connectivity index (χ0n) is 13.3. The molecular weight excluding hydrogens is 286 g/mol. The Morgan fingerprint density at radius 3 is 2.83 bits per heavy atom. The molecule has 1 aromatic carbocycles. The van der Waals surface area contributed by atoms with E-state index in [0.717, 1.165) is 6.42 Å². The van der Waals surface area contributed by atoms with Crippen molar-refractivity contribution >= 4 is 11.4 Å². The predicted octanol–water partition coefficient (Wildman–Crippen LogP) is 3.08. The number of rotatable bonds is 3. The summed E-state index contributed by atoms with van der Waals surface area (Å²) in [5.74, 6) is 0.500. The van der Waals surface area contributed by atoms with Crippen LogP contribution in [0.15, 0.2) is 53.6 Å². The highest BCUT2D eigenvalue weighted by Crippen LogP contribution is 2.49. The van der Waals surface area contributed by atoms with E-state index in [1.807, 2.05) is 31.2 Å². The number of amidine groups is 1. The van der Waals surface area contributed by atoms with Crippen LogP contribution >= 0.6 is 0 Å². The van der Waals surface area contributed by atoms with Crippen LogP contribution in [-0.4, -0.2) is 24.6 Å². The van der Waals surface area contributed by atoms with Gasteiger partial charge in [-0.3, -0.25) is 4.99 Å². The van der Waals surface area contributed by atoms with E-state index in [4.69, 9.17) is 15.5 Å². The molecule has 0 aromatic heterocycles. The van der Waals surface area contributed by atoms with Gasteiger partial charge in [0.2, 0.25) is 0 Å². The van der Waals surface area contributed by atoms with Gasteiger partial charge in [0.15, 0.2) is 0 Å². The normalized spacial score (nSPS) is 30.3. The molecule has 0 bridgehead atoms. The standard InChI is InChI=1S/C19H21N3O/c1-18(14-23-13-17(21)22-18)19(10-11-20)9-5-8-16(12-19)15-6-3-2-4-7-15/h2-9H,10,12-14H2,1H3,(H2,21,22). The fourth-order valence-corrected chi connectivity index (χ4v) is 3.47. The first-order chi connectivity index (χ1) is 11.1. The topological polar surface area (TPSA) is 71.4 Å². The van der Waals surface area contributed by atoms with Gasteiger partial charge >= 0.3 is 0 Å². The summed E-state index contributed by atoms with van der Waals surface area (Å²) in [7, 11) is 0. The van der Waals surface area contributed by atoms with E-state index in [2.05, 4.69) is 30.4 Å². The number of nitrogens with zero attached hydrogens (tertiary/aromatic N) is 2. The first-order valence-electron chi connectivity index (χ1n) is 7.81. The first kappa shape index (κ1) is 15.5. The summed E-state index contributed by atoms with van der Waals surface area (Å²) in [6.07, 6.45) is 7.38. The van der Waals surface area contributed by atoms with E-state index in [1.165, 1.54) is 11.1 Å². The highest BCUT2D eigenvalue weighted by Gasteiger charge is 2.49. The van der Waals surface area contributed by atoms with Crippen LogP contribution in [0.1, 0.15) is 25.3 Å². The summed E-state index contributed by atoms with van der Waals surface area (Å²) in [4.78, 5) is 4.70. The van der Waals surface area contributed by atoms with Crippen LogP contribution in [0.5, 0.6) is 0 Å². The molecule has 0 saturated carbocycles. The van der Waals surface area contributed by atoms with Crippen molar-refractivity contribution in [1.29, 1.82) is 5.26 Å². The lowest BCUT2D eigenvalue weighted by atomic mass is 9.63. The van der Waals surface area contributed by atoms with Crippen molar-refractivity contribution < 1.29 is 4.74 Å². The molecule has 1 heterocycles. The van der Waals surface area contributed by atoms with Crippen molar-refractivity contribution in [2.45, 2.75) is 25.3 Å². The third-order valence-electron chi connectivity index (χ3n) is 4.85. The van der Waals surface area contributed by atoms with Gasteiger partial charge in [0.1, 0.15) is 12.4 Å². The Labute approximate surface area is 137 Å². The Hall–Kier alpha value is -2.38. The summed E-state index contributed by atoms with van der Waals surface area (Å²) in [5, 5.41) is 9.43. The van der Waals surface area contributed by atoms with Crippen LogP contribution in [0.2, 0.25) is 0 Å². The van der Waals surface area contributed by atoms with Gasteiger partial charge < -0.3 is 10.5 Å². The lowest BCUT2D eigenvalue weighted by Crippen LogP contribution is -2.51. The number of nitriles is 1. The van der Waals surface area contributed by atoms with E-state index in [1.54, 1.807) is 0 Å². The molecule has 2 N–H and O–H groups in total. The first-order valence-corrected chi connectivity index (χ1v) is 7.81. The maximum absolute atomic E-state index is 9.43. The summed E-state index contributed by atoms with van der Waals surface area (Å²) >= 11 is 0. The van der Waals surface area contributed by atoms with Gasteiger partial charge in [-0.1, -0.05) is 48.6 Å². The van der Waals surface area contributed by atoms with E-state index >= 15 is 0 Å². The molecule has 1 aliphatic heterocycles. The number of aliphatic imine (C=N–C) groups is 1. The monoisotopic (exact) mass is 307 g/mol. The van der Waals surface area contributed by atoms with Gasteiger partial charge in [-0.05, 0) is 24.5 Å². The largest absolute Gasteiger partial charge is 0.386 e. The molecule has 0 amide bonds. The predicted molar refractivity (Wildman–Crippen MR) is 91.7 cm³/mol. The van der Waals surface area contributed by atoms with Crippen LogP contribution in [-0.2, 0) is 4.74 Å². The van der Waals surface area contributed by atoms with Gasteiger partial charge in [-0.25, -0.2) is 0 Å². The molecule has 0 radical (unpaired) electrons. The van der Waals surface area contributed by atoms with E-state index < -0.39 is 11.0 Å². The van der Waals surface area contributed by atoms with E-state index in [0.29, 0.717) is 25.5 Å². The smallest absolute Gasteiger partial charge is 0.121 e. The molecule has 23 heavy (non-hydrogen) atoms. The Morgan fingerprint density at radius 1 is 1.35 bits per heavy atom. The van der Waals surface area contributed by atoms with Crippen molar-refractivity contribution in [3.05, 3.63) is 54.1 Å². The van der Waals surface area contributed by atoms with Crippen LogP contribution in [0.4, 0.5) is 0 Å². The molecule has 0 fully saturated rings. The Bertz CT molecular complexity index is 714. The maximum Gasteiger partial charge on any atom is 0.121 e. The molecule has 4 heteroatoms. The molecule has 3 rings (SSSR count). The molecule has 1 aliphatic carbocycles. The second-order valence-electron chi connectivity index (χ2n) is 6.45. The number of hydrogen-bond acceptors (Lipinski definition) is 4. The van der Waals surface area contributed by atoms with Crippen molar-refractivity contribution in [3.8, 4) is 6.07 Å². The van der Waals surface area contributed by atoms with Crippen molar-refractivity contribution in [2.75, 3.05) is 13.2 Å². The Morgan fingerprint density at radius 2 is 2.13 bits per heavy atom. The number of hydrogen-bond donors (Lipinski definition) is 1. The molecular formula is C19H21N3O. The highest BCUT2D eigenvalue weighted by molar-refractivity contribution is 5.82. The Kier molecular flexibility index (Phi) is 4.06. The minimum atomic E-state index is -0.532. The minimum Gasteiger partial charge on any atom is -0.386 e. The second-order valence-corrected chi connectivity index (χ2v) is 6.45. The highest BCUT2D eigenvalue weighted by atomic mass is 16.5. The van der Waals surface area contributed by atoms with E-state index in [-0.39, 0.29) is 0 Å². The number of benzene rings is 1. The average molecular weight is 307 g/mol. The van der Waals surface area contributed by atoms with Crippen LogP contribution in [0, 0.1) is 16.7 Å². The fourth-order valence-electron chi connectivity index (χ4n) is 3.47. The minimum absolute atomic E-state index is 0.364. The summed E-state index contributed by atoms with van der Waals surface area (Å²) in [6, 6.07) is 12.6. The van der Waals surface area contributed by atoms with Gasteiger partial charge in [0.25, 0.3) is 0 Å². The van der Waals surface area contributed by atoms with E-state index in [9.17, 15) is 5.26 Å². The zero-order chi connectivity index (χ0) is 16.3. The molecule has 0 saturated heterocycles. The number of allylic oxidation sites excluding steroid dienone is 3. The molecule has 1 aromatic rings. The van der Waals surface area contributed by atoms with Crippen molar-refractivity contribution in [1.82, 2.24) is 0 Å². The third-order valence-corrected chi connectivity index (χ3v) is 4.85. The molecule has 2 unspecified atom stereocenters. The summed E-state index contributed by atoms with van der Waals surface area (Å²) in [6.45, 7) is 2.87. The van der Waals surface area contributed by atoms with Crippen LogP contribution in [0.3, 0.4) is 0 Å². The van der Waals surface area contributed by atoms with Crippen LogP contribution < -0.4 is 5.73 Å². The number of ether oxygens (including phenoxy) is 1. The fraction of sp³-hybridized carbons (Fsp3) is 0.368. The molecule has 4 nitrogen and oxygen atoms in total. The van der Waals surface area contributed by atoms with Crippen molar-refractivity contribution in [3.63, 3.8) is 0 Å². The van der Waals surface area contributed by atoms with Crippen molar-refractivity contribution in [2.24, 2.45) is 16.1 Å². The SMILES string of the molecule is CC1(C2(CC#N)C=CC=C(c3ccccc3)C2)COCC(N)=N1. The Balaban J connectivity index is 2.01. The third kappa shape index (κ3) is 2.80. The zero-order valence-corrected chi connectivity index (χ0v) is 13.3. The molecule has 2 aliphatic rings. The second kappa shape index (κ2) is 6.02. The molecule has 2 atom stereocenters. The molecule has 118 valence electrons.